The van der Waals surface area contributed by atoms with Gasteiger partial charge in [-0.25, -0.2) is 13.8 Å². The molecule has 0 bridgehead atoms. The summed E-state index contributed by atoms with van der Waals surface area (Å²) in [5.74, 6) is -2.81. The Morgan fingerprint density at radius 2 is 1.75 bits per heavy atom. The highest BCUT2D eigenvalue weighted by Crippen LogP contribution is 2.30. The molecule has 0 spiro atoms. The van der Waals surface area contributed by atoms with E-state index in [9.17, 15) is 8.78 Å². The van der Waals surface area contributed by atoms with Gasteiger partial charge in [0.1, 0.15) is 0 Å². The lowest BCUT2D eigenvalue weighted by Gasteiger charge is -2.10. The lowest BCUT2D eigenvalue weighted by molar-refractivity contribution is 0.0175. The summed E-state index contributed by atoms with van der Waals surface area (Å²) in [4.78, 5) is 4.52. The molecule has 2 aromatic carbocycles. The van der Waals surface area contributed by atoms with Crippen molar-refractivity contribution < 1.29 is 8.78 Å². The van der Waals surface area contributed by atoms with Crippen LogP contribution in [0.2, 0.25) is 0 Å². The van der Waals surface area contributed by atoms with E-state index in [1.54, 1.807) is 12.1 Å². The fourth-order valence-electron chi connectivity index (χ4n) is 2.38. The molecule has 0 unspecified atom stereocenters. The van der Waals surface area contributed by atoms with Crippen LogP contribution in [0.4, 0.5) is 13.9 Å². The molecule has 0 atom stereocenters. The van der Waals surface area contributed by atoms with E-state index in [0.717, 1.165) is 36.3 Å². The van der Waals surface area contributed by atoms with E-state index < -0.39 is 5.92 Å². The van der Waals surface area contributed by atoms with Crippen LogP contribution < -0.4 is 5.32 Å². The van der Waals surface area contributed by atoms with Gasteiger partial charge in [-0.15, -0.1) is 11.3 Å². The fraction of sp³-hybridized carbons (Fsp3) is 0.211. The third-order valence-corrected chi connectivity index (χ3v) is 4.52. The molecule has 3 rings (SSSR count). The lowest BCUT2D eigenvalue weighted by Crippen LogP contribution is -2.06. The SMILES string of the molecule is CC(F)(F)c1ccc(-c2csc(NCCc3ccccc3)n2)cc1. The fourth-order valence-corrected chi connectivity index (χ4v) is 3.13. The van der Waals surface area contributed by atoms with Crippen molar-refractivity contribution in [1.29, 1.82) is 0 Å². The summed E-state index contributed by atoms with van der Waals surface area (Å²) in [6, 6.07) is 16.5. The monoisotopic (exact) mass is 344 g/mol. The van der Waals surface area contributed by atoms with Crippen molar-refractivity contribution in [1.82, 2.24) is 4.98 Å². The second-order valence-corrected chi connectivity index (χ2v) is 6.52. The minimum Gasteiger partial charge on any atom is -0.361 e. The van der Waals surface area contributed by atoms with Gasteiger partial charge in [0.2, 0.25) is 0 Å². The van der Waals surface area contributed by atoms with Gasteiger partial charge in [-0.1, -0.05) is 54.6 Å². The van der Waals surface area contributed by atoms with Gasteiger partial charge in [-0.2, -0.15) is 0 Å². The first-order valence-electron chi connectivity index (χ1n) is 7.74. The molecule has 0 aliphatic rings. The molecule has 1 aromatic heterocycles. The predicted octanol–water partition coefficient (Wildman–Crippen LogP) is 5.58. The van der Waals surface area contributed by atoms with E-state index in [4.69, 9.17) is 0 Å². The summed E-state index contributed by atoms with van der Waals surface area (Å²) in [7, 11) is 0. The second-order valence-electron chi connectivity index (χ2n) is 5.67. The summed E-state index contributed by atoms with van der Waals surface area (Å²) in [6.45, 7) is 1.71. The van der Waals surface area contributed by atoms with Gasteiger partial charge in [0.25, 0.3) is 5.92 Å². The molecule has 0 amide bonds. The van der Waals surface area contributed by atoms with Crippen LogP contribution >= 0.6 is 11.3 Å². The molecule has 0 aliphatic heterocycles. The molecule has 2 nitrogen and oxygen atoms in total. The number of thiazole rings is 1. The van der Waals surface area contributed by atoms with Gasteiger partial charge < -0.3 is 5.32 Å². The molecule has 3 aromatic rings. The Balaban J connectivity index is 1.61. The van der Waals surface area contributed by atoms with Crippen LogP contribution in [0, 0.1) is 0 Å². The molecule has 24 heavy (non-hydrogen) atoms. The van der Waals surface area contributed by atoms with E-state index in [2.05, 4.69) is 22.4 Å². The highest BCUT2D eigenvalue weighted by atomic mass is 32.1. The van der Waals surface area contributed by atoms with Gasteiger partial charge in [0.05, 0.1) is 5.69 Å². The maximum absolute atomic E-state index is 13.2. The van der Waals surface area contributed by atoms with E-state index in [1.807, 2.05) is 23.6 Å². The first kappa shape index (κ1) is 16.6. The van der Waals surface area contributed by atoms with E-state index in [0.29, 0.717) is 0 Å². The number of benzene rings is 2. The van der Waals surface area contributed by atoms with Gasteiger partial charge >= 0.3 is 0 Å². The normalized spacial score (nSPS) is 11.5. The number of nitrogens with one attached hydrogen (secondary N) is 1. The lowest BCUT2D eigenvalue weighted by atomic mass is 10.1. The first-order valence-corrected chi connectivity index (χ1v) is 8.62. The Labute approximate surface area is 144 Å². The molecule has 5 heteroatoms. The topological polar surface area (TPSA) is 24.9 Å². The molecule has 1 N–H and O–H groups in total. The molecule has 0 aliphatic carbocycles. The van der Waals surface area contributed by atoms with E-state index in [1.165, 1.54) is 29.0 Å². The molecule has 0 saturated heterocycles. The molecule has 1 heterocycles. The van der Waals surface area contributed by atoms with Crippen molar-refractivity contribution in [2.24, 2.45) is 0 Å². The number of anilines is 1. The Hall–Kier alpha value is -2.27. The summed E-state index contributed by atoms with van der Waals surface area (Å²) in [6.07, 6.45) is 0.927. The highest BCUT2D eigenvalue weighted by Gasteiger charge is 2.23. The van der Waals surface area contributed by atoms with Gasteiger partial charge in [-0.05, 0) is 12.0 Å². The average Bonchev–Trinajstić information content (AvgIpc) is 3.04. The predicted molar refractivity (Wildman–Crippen MR) is 95.8 cm³/mol. The maximum Gasteiger partial charge on any atom is 0.270 e. The van der Waals surface area contributed by atoms with Crippen LogP contribution in [0.15, 0.2) is 60.0 Å². The summed E-state index contributed by atoms with van der Waals surface area (Å²) >= 11 is 1.52. The summed E-state index contributed by atoms with van der Waals surface area (Å²) in [5.41, 5.74) is 2.93. The third-order valence-electron chi connectivity index (χ3n) is 3.72. The standard InChI is InChI=1S/C19H18F2N2S/c1-19(20,21)16-9-7-15(8-10-16)17-13-24-18(23-17)22-12-11-14-5-3-2-4-6-14/h2-10,13H,11-12H2,1H3,(H,22,23). The van der Waals surface area contributed by atoms with Crippen molar-refractivity contribution in [3.63, 3.8) is 0 Å². The highest BCUT2D eigenvalue weighted by molar-refractivity contribution is 7.14. The molecule has 0 fully saturated rings. The van der Waals surface area contributed by atoms with Gasteiger partial charge in [-0.3, -0.25) is 0 Å². The Kier molecular flexibility index (Phi) is 4.90. The zero-order valence-electron chi connectivity index (χ0n) is 13.3. The number of aromatic nitrogens is 1. The van der Waals surface area contributed by atoms with Crippen LogP contribution in [0.1, 0.15) is 18.1 Å². The minimum absolute atomic E-state index is 0.0164. The van der Waals surface area contributed by atoms with Gasteiger partial charge in [0.15, 0.2) is 5.13 Å². The second kappa shape index (κ2) is 7.09. The van der Waals surface area contributed by atoms with Crippen molar-refractivity contribution >= 4 is 16.5 Å². The maximum atomic E-state index is 13.2. The Morgan fingerprint density at radius 3 is 2.42 bits per heavy atom. The summed E-state index contributed by atoms with van der Waals surface area (Å²) < 4.78 is 26.5. The first-order chi connectivity index (χ1) is 11.5. The minimum atomic E-state index is -2.81. The Bertz CT molecular complexity index is 777. The van der Waals surface area contributed by atoms with Crippen LogP contribution in [0.5, 0.6) is 0 Å². The number of hydrogen-bond acceptors (Lipinski definition) is 3. The molecule has 124 valence electrons. The third kappa shape index (κ3) is 4.17. The number of alkyl halides is 2. The number of nitrogens with zero attached hydrogens (tertiary/aromatic N) is 1. The van der Waals surface area contributed by atoms with E-state index >= 15 is 0 Å². The van der Waals surface area contributed by atoms with Crippen molar-refractivity contribution in [2.45, 2.75) is 19.3 Å². The van der Waals surface area contributed by atoms with E-state index in [-0.39, 0.29) is 5.56 Å². The number of rotatable bonds is 6. The van der Waals surface area contributed by atoms with Crippen molar-refractivity contribution in [2.75, 3.05) is 11.9 Å². The van der Waals surface area contributed by atoms with Crippen molar-refractivity contribution in [3.05, 3.63) is 71.1 Å². The average molecular weight is 344 g/mol. The molecule has 0 saturated carbocycles. The molecular formula is C19H18F2N2S. The largest absolute Gasteiger partial charge is 0.361 e. The zero-order chi connectivity index (χ0) is 17.0. The number of hydrogen-bond donors (Lipinski definition) is 1. The van der Waals surface area contributed by atoms with Crippen LogP contribution in [-0.4, -0.2) is 11.5 Å². The van der Waals surface area contributed by atoms with Crippen molar-refractivity contribution in [3.8, 4) is 11.3 Å². The molecule has 0 radical (unpaired) electrons. The molecular weight excluding hydrogens is 326 g/mol. The van der Waals surface area contributed by atoms with Crippen LogP contribution in [0.25, 0.3) is 11.3 Å². The van der Waals surface area contributed by atoms with Gasteiger partial charge in [0, 0.05) is 30.0 Å². The number of halogens is 2. The smallest absolute Gasteiger partial charge is 0.270 e. The van der Waals surface area contributed by atoms with Crippen LogP contribution in [0.3, 0.4) is 0 Å². The van der Waals surface area contributed by atoms with Crippen LogP contribution in [-0.2, 0) is 12.3 Å². The zero-order valence-corrected chi connectivity index (χ0v) is 14.1. The Morgan fingerprint density at radius 1 is 1.04 bits per heavy atom. The summed E-state index contributed by atoms with van der Waals surface area (Å²) in [5, 5.41) is 6.08. The quantitative estimate of drug-likeness (QED) is 0.632.